The summed E-state index contributed by atoms with van der Waals surface area (Å²) in [6.45, 7) is 4.67. The van der Waals surface area contributed by atoms with Crippen molar-refractivity contribution < 1.29 is 14.6 Å². The molecule has 0 bridgehead atoms. The van der Waals surface area contributed by atoms with Crippen molar-refractivity contribution in [3.8, 4) is 11.5 Å². The molecule has 0 saturated carbocycles. The van der Waals surface area contributed by atoms with Crippen molar-refractivity contribution in [3.63, 3.8) is 0 Å². The maximum Gasteiger partial charge on any atom is 0.119 e. The van der Waals surface area contributed by atoms with E-state index in [1.54, 1.807) is 0 Å². The monoisotopic (exact) mass is 251 g/mol. The Labute approximate surface area is 108 Å². The Morgan fingerprint density at radius 2 is 1.67 bits per heavy atom. The smallest absolute Gasteiger partial charge is 0.119 e. The molecule has 0 radical (unpaired) electrons. The summed E-state index contributed by atoms with van der Waals surface area (Å²) in [5.41, 5.74) is -0.691. The second kappa shape index (κ2) is 6.07. The van der Waals surface area contributed by atoms with E-state index in [4.69, 9.17) is 9.47 Å². The molecule has 0 atom stereocenters. The maximum atomic E-state index is 10.3. The molecule has 2 N–H and O–H groups in total. The molecular formula is C14H21NO3. The van der Waals surface area contributed by atoms with Crippen molar-refractivity contribution in [2.45, 2.75) is 25.4 Å². The fourth-order valence-electron chi connectivity index (χ4n) is 2.05. The number of piperidine rings is 1. The SMILES string of the molecule is CCOc1ccc(OCC2(O)CCNCC2)cc1. The van der Waals surface area contributed by atoms with E-state index in [0.29, 0.717) is 13.2 Å². The molecule has 18 heavy (non-hydrogen) atoms. The molecule has 1 aliphatic heterocycles. The Morgan fingerprint density at radius 3 is 2.22 bits per heavy atom. The van der Waals surface area contributed by atoms with E-state index in [9.17, 15) is 5.11 Å². The fraction of sp³-hybridized carbons (Fsp3) is 0.571. The number of hydrogen-bond acceptors (Lipinski definition) is 4. The highest BCUT2D eigenvalue weighted by atomic mass is 16.5. The van der Waals surface area contributed by atoms with E-state index in [1.807, 2.05) is 31.2 Å². The van der Waals surface area contributed by atoms with Crippen LogP contribution in [0.2, 0.25) is 0 Å². The lowest BCUT2D eigenvalue weighted by Gasteiger charge is -2.32. The molecule has 4 nitrogen and oxygen atoms in total. The molecule has 4 heteroatoms. The van der Waals surface area contributed by atoms with Gasteiger partial charge in [-0.3, -0.25) is 0 Å². The lowest BCUT2D eigenvalue weighted by atomic mass is 9.94. The van der Waals surface area contributed by atoms with E-state index in [0.717, 1.165) is 37.4 Å². The second-order valence-corrected chi connectivity index (χ2v) is 4.67. The summed E-state index contributed by atoms with van der Waals surface area (Å²) >= 11 is 0. The quantitative estimate of drug-likeness (QED) is 0.834. The average Bonchev–Trinajstić information content (AvgIpc) is 2.39. The van der Waals surface area contributed by atoms with E-state index in [1.165, 1.54) is 0 Å². The van der Waals surface area contributed by atoms with Gasteiger partial charge in [0.15, 0.2) is 0 Å². The third-order valence-corrected chi connectivity index (χ3v) is 3.18. The van der Waals surface area contributed by atoms with Crippen molar-refractivity contribution in [1.29, 1.82) is 0 Å². The van der Waals surface area contributed by atoms with Crippen molar-refractivity contribution >= 4 is 0 Å². The largest absolute Gasteiger partial charge is 0.494 e. The van der Waals surface area contributed by atoms with Gasteiger partial charge < -0.3 is 19.9 Å². The zero-order chi connectivity index (χ0) is 12.8. The highest BCUT2D eigenvalue weighted by molar-refractivity contribution is 5.31. The molecule has 1 fully saturated rings. The number of aliphatic hydroxyl groups is 1. The van der Waals surface area contributed by atoms with E-state index < -0.39 is 5.60 Å². The van der Waals surface area contributed by atoms with Gasteiger partial charge >= 0.3 is 0 Å². The maximum absolute atomic E-state index is 10.3. The van der Waals surface area contributed by atoms with Crippen molar-refractivity contribution in [2.24, 2.45) is 0 Å². The number of hydrogen-bond donors (Lipinski definition) is 2. The van der Waals surface area contributed by atoms with E-state index in [2.05, 4.69) is 5.32 Å². The van der Waals surface area contributed by atoms with Crippen molar-refractivity contribution in [1.82, 2.24) is 5.32 Å². The second-order valence-electron chi connectivity index (χ2n) is 4.67. The normalized spacial score (nSPS) is 18.3. The summed E-state index contributed by atoms with van der Waals surface area (Å²) in [6.07, 6.45) is 1.48. The first kappa shape index (κ1) is 13.2. The third kappa shape index (κ3) is 3.62. The predicted octanol–water partition coefficient (Wildman–Crippen LogP) is 1.58. The minimum atomic E-state index is -0.691. The Hall–Kier alpha value is -1.26. The van der Waals surface area contributed by atoms with Crippen LogP contribution in [0, 0.1) is 0 Å². The summed E-state index contributed by atoms with van der Waals surface area (Å²) in [4.78, 5) is 0. The molecule has 2 rings (SSSR count). The molecule has 1 saturated heterocycles. The average molecular weight is 251 g/mol. The highest BCUT2D eigenvalue weighted by Gasteiger charge is 2.29. The third-order valence-electron chi connectivity index (χ3n) is 3.18. The Balaban J connectivity index is 1.85. The number of benzene rings is 1. The standard InChI is InChI=1S/C14H21NO3/c1-2-17-12-3-5-13(6-4-12)18-11-14(16)7-9-15-10-8-14/h3-6,15-16H,2,7-11H2,1H3. The van der Waals surface area contributed by atoms with Crippen LogP contribution in [0.3, 0.4) is 0 Å². The number of nitrogens with one attached hydrogen (secondary N) is 1. The predicted molar refractivity (Wildman–Crippen MR) is 70.2 cm³/mol. The molecule has 100 valence electrons. The van der Waals surface area contributed by atoms with Crippen LogP contribution in [0.5, 0.6) is 11.5 Å². The lowest BCUT2D eigenvalue weighted by Crippen LogP contribution is -2.45. The van der Waals surface area contributed by atoms with Gasteiger partial charge in [-0.2, -0.15) is 0 Å². The van der Waals surface area contributed by atoms with Gasteiger partial charge in [0.05, 0.1) is 6.61 Å². The zero-order valence-electron chi connectivity index (χ0n) is 10.8. The summed E-state index contributed by atoms with van der Waals surface area (Å²) in [5, 5.41) is 13.5. The molecule has 0 unspecified atom stereocenters. The molecule has 0 aromatic heterocycles. The fourth-order valence-corrected chi connectivity index (χ4v) is 2.05. The van der Waals surface area contributed by atoms with Gasteiger partial charge in [-0.05, 0) is 57.1 Å². The summed E-state index contributed by atoms with van der Waals surface area (Å²) in [7, 11) is 0. The minimum absolute atomic E-state index is 0.350. The van der Waals surface area contributed by atoms with Crippen LogP contribution in [-0.4, -0.2) is 37.0 Å². The molecule has 1 heterocycles. The molecule has 1 aromatic carbocycles. The minimum Gasteiger partial charge on any atom is -0.494 e. The topological polar surface area (TPSA) is 50.7 Å². The van der Waals surface area contributed by atoms with Gasteiger partial charge in [0, 0.05) is 0 Å². The molecule has 1 aliphatic rings. The summed E-state index contributed by atoms with van der Waals surface area (Å²) < 4.78 is 11.0. The molecular weight excluding hydrogens is 230 g/mol. The zero-order valence-corrected chi connectivity index (χ0v) is 10.8. The van der Waals surface area contributed by atoms with Gasteiger partial charge in [0.25, 0.3) is 0 Å². The first-order valence-electron chi connectivity index (χ1n) is 6.51. The van der Waals surface area contributed by atoms with Gasteiger partial charge in [-0.1, -0.05) is 0 Å². The van der Waals surface area contributed by atoms with Crippen LogP contribution in [0.4, 0.5) is 0 Å². The van der Waals surface area contributed by atoms with Crippen LogP contribution in [0.1, 0.15) is 19.8 Å². The molecule has 0 amide bonds. The Morgan fingerprint density at radius 1 is 1.11 bits per heavy atom. The number of ether oxygens (including phenoxy) is 2. The van der Waals surface area contributed by atoms with E-state index in [-0.39, 0.29) is 0 Å². The van der Waals surface area contributed by atoms with Crippen molar-refractivity contribution in [3.05, 3.63) is 24.3 Å². The Kier molecular flexibility index (Phi) is 4.44. The van der Waals surface area contributed by atoms with Crippen LogP contribution in [0.15, 0.2) is 24.3 Å². The van der Waals surface area contributed by atoms with Gasteiger partial charge in [-0.15, -0.1) is 0 Å². The van der Waals surface area contributed by atoms with Gasteiger partial charge in [0.1, 0.15) is 23.7 Å². The van der Waals surface area contributed by atoms with Crippen LogP contribution < -0.4 is 14.8 Å². The summed E-state index contributed by atoms with van der Waals surface area (Å²) in [5.74, 6) is 1.61. The number of rotatable bonds is 5. The lowest BCUT2D eigenvalue weighted by molar-refractivity contribution is -0.0286. The van der Waals surface area contributed by atoms with Crippen LogP contribution in [-0.2, 0) is 0 Å². The van der Waals surface area contributed by atoms with Gasteiger partial charge in [0.2, 0.25) is 0 Å². The first-order chi connectivity index (χ1) is 8.72. The van der Waals surface area contributed by atoms with Crippen LogP contribution >= 0.6 is 0 Å². The summed E-state index contributed by atoms with van der Waals surface area (Å²) in [6, 6.07) is 7.50. The Bertz CT molecular complexity index is 358. The molecule has 1 aromatic rings. The van der Waals surface area contributed by atoms with Gasteiger partial charge in [-0.25, -0.2) is 0 Å². The van der Waals surface area contributed by atoms with E-state index >= 15 is 0 Å². The van der Waals surface area contributed by atoms with Crippen molar-refractivity contribution in [2.75, 3.05) is 26.3 Å². The first-order valence-corrected chi connectivity index (χ1v) is 6.51. The van der Waals surface area contributed by atoms with Crippen LogP contribution in [0.25, 0.3) is 0 Å². The molecule has 0 aliphatic carbocycles. The highest BCUT2D eigenvalue weighted by Crippen LogP contribution is 2.22. The molecule has 0 spiro atoms.